The van der Waals surface area contributed by atoms with Crippen molar-refractivity contribution >= 4 is 17.7 Å². The van der Waals surface area contributed by atoms with E-state index in [-0.39, 0.29) is 0 Å². The zero-order valence-electron chi connectivity index (χ0n) is 10.6. The number of hydrogen-bond donors (Lipinski definition) is 1. The monoisotopic (exact) mass is 309 g/mol. The molecule has 0 bridgehead atoms. The number of aliphatic carboxylic acids is 1. The number of aromatic nitrogens is 3. The molecule has 0 saturated carbocycles. The summed E-state index contributed by atoms with van der Waals surface area (Å²) in [5.74, 6) is -4.06. The first kappa shape index (κ1) is 15.1. The molecule has 0 fully saturated rings. The lowest BCUT2D eigenvalue weighted by atomic mass is 10.2. The maximum Gasteiger partial charge on any atom is 0.403 e. The number of alkyl halides is 3. The molecule has 0 amide bonds. The molecule has 20 heavy (non-hydrogen) atoms. The fraction of sp³-hybridized carbons (Fsp3) is 0.727. The van der Waals surface area contributed by atoms with Gasteiger partial charge in [-0.05, 0) is 12.8 Å². The number of halogens is 3. The summed E-state index contributed by atoms with van der Waals surface area (Å²) in [6.45, 7) is 0.675. The van der Waals surface area contributed by atoms with E-state index in [1.165, 1.54) is 0 Å². The van der Waals surface area contributed by atoms with Crippen LogP contribution in [-0.2, 0) is 17.8 Å². The maximum atomic E-state index is 12.6. The lowest BCUT2D eigenvalue weighted by Crippen LogP contribution is -2.32. The first-order valence-electron chi connectivity index (χ1n) is 6.24. The van der Waals surface area contributed by atoms with E-state index in [1.807, 2.05) is 0 Å². The molecule has 1 aromatic rings. The van der Waals surface area contributed by atoms with Crippen molar-refractivity contribution in [3.05, 3.63) is 5.82 Å². The predicted octanol–water partition coefficient (Wildman–Crippen LogP) is 2.36. The van der Waals surface area contributed by atoms with Crippen LogP contribution in [-0.4, -0.2) is 37.8 Å². The smallest absolute Gasteiger partial charge is 0.403 e. The number of aryl methyl sites for hydroxylation is 1. The van der Waals surface area contributed by atoms with Gasteiger partial charge in [0, 0.05) is 18.7 Å². The Hall–Kier alpha value is -1.25. The molecule has 9 heteroatoms. The quantitative estimate of drug-likeness (QED) is 0.865. The van der Waals surface area contributed by atoms with E-state index in [9.17, 15) is 18.0 Å². The van der Waals surface area contributed by atoms with Crippen LogP contribution < -0.4 is 0 Å². The fourth-order valence-electron chi connectivity index (χ4n) is 2.03. The van der Waals surface area contributed by atoms with Crippen LogP contribution in [0.3, 0.4) is 0 Å². The molecule has 2 heterocycles. The van der Waals surface area contributed by atoms with Crippen molar-refractivity contribution in [1.29, 1.82) is 0 Å². The summed E-state index contributed by atoms with van der Waals surface area (Å²) in [5.41, 5.74) is 0. The molecule has 1 atom stereocenters. The number of hydrogen-bond acceptors (Lipinski definition) is 4. The molecule has 1 unspecified atom stereocenters. The first-order valence-corrected chi connectivity index (χ1v) is 7.22. The molecular weight excluding hydrogens is 295 g/mol. The number of fused-ring (bicyclic) bond motifs is 1. The van der Waals surface area contributed by atoms with Crippen molar-refractivity contribution in [2.75, 3.05) is 5.75 Å². The van der Waals surface area contributed by atoms with Gasteiger partial charge >= 0.3 is 12.1 Å². The Kier molecular flexibility index (Phi) is 4.56. The van der Waals surface area contributed by atoms with Crippen molar-refractivity contribution in [3.63, 3.8) is 0 Å². The molecule has 0 aromatic carbocycles. The zero-order valence-corrected chi connectivity index (χ0v) is 11.4. The van der Waals surface area contributed by atoms with Crippen LogP contribution >= 0.6 is 11.8 Å². The Morgan fingerprint density at radius 1 is 1.35 bits per heavy atom. The highest BCUT2D eigenvalue weighted by Crippen LogP contribution is 2.32. The Balaban J connectivity index is 2.07. The van der Waals surface area contributed by atoms with E-state index in [4.69, 9.17) is 5.11 Å². The van der Waals surface area contributed by atoms with Gasteiger partial charge in [-0.1, -0.05) is 18.2 Å². The highest BCUT2D eigenvalue weighted by molar-refractivity contribution is 7.99. The fourth-order valence-corrected chi connectivity index (χ4v) is 3.13. The summed E-state index contributed by atoms with van der Waals surface area (Å²) < 4.78 is 39.5. The molecule has 2 rings (SSSR count). The van der Waals surface area contributed by atoms with E-state index in [0.717, 1.165) is 43.3 Å². The van der Waals surface area contributed by atoms with E-state index in [1.54, 1.807) is 4.57 Å². The zero-order chi connectivity index (χ0) is 14.8. The molecule has 1 aliphatic rings. The number of rotatable bonds is 4. The van der Waals surface area contributed by atoms with E-state index >= 15 is 0 Å². The van der Waals surface area contributed by atoms with Crippen LogP contribution in [0.1, 0.15) is 25.1 Å². The minimum atomic E-state index is -4.75. The molecule has 0 aliphatic carbocycles. The normalized spacial score (nSPS) is 17.4. The van der Waals surface area contributed by atoms with Crippen LogP contribution in [0.25, 0.3) is 0 Å². The van der Waals surface area contributed by atoms with Crippen LogP contribution in [0.5, 0.6) is 0 Å². The van der Waals surface area contributed by atoms with E-state index in [2.05, 4.69) is 10.2 Å². The minimum Gasteiger partial charge on any atom is -0.481 e. The Morgan fingerprint density at radius 2 is 2.10 bits per heavy atom. The number of carboxylic acid groups (broad SMARTS) is 1. The van der Waals surface area contributed by atoms with Gasteiger partial charge in [0.15, 0.2) is 11.1 Å². The lowest BCUT2D eigenvalue weighted by Gasteiger charge is -2.15. The molecule has 0 saturated heterocycles. The SMILES string of the molecule is O=C(O)C(CSc1nnc2n1CCCCC2)C(F)(F)F. The van der Waals surface area contributed by atoms with Gasteiger partial charge < -0.3 is 9.67 Å². The van der Waals surface area contributed by atoms with Crippen LogP contribution in [0.2, 0.25) is 0 Å². The first-order chi connectivity index (χ1) is 9.39. The number of carbonyl (C=O) groups is 1. The Bertz CT molecular complexity index is 490. The summed E-state index contributed by atoms with van der Waals surface area (Å²) in [7, 11) is 0. The topological polar surface area (TPSA) is 68.0 Å². The average molecular weight is 309 g/mol. The van der Waals surface area contributed by atoms with Gasteiger partial charge in [0.05, 0.1) is 0 Å². The maximum absolute atomic E-state index is 12.6. The predicted molar refractivity (Wildman–Crippen MR) is 65.5 cm³/mol. The van der Waals surface area contributed by atoms with Gasteiger partial charge in [0.25, 0.3) is 0 Å². The highest BCUT2D eigenvalue weighted by atomic mass is 32.2. The second-order valence-corrected chi connectivity index (χ2v) is 5.59. The van der Waals surface area contributed by atoms with Gasteiger partial charge in [-0.25, -0.2) is 0 Å². The summed E-state index contributed by atoms with van der Waals surface area (Å²) >= 11 is 0.803. The van der Waals surface area contributed by atoms with Gasteiger partial charge in [-0.3, -0.25) is 4.79 Å². The molecular formula is C11H14F3N3O2S. The average Bonchev–Trinajstić information content (AvgIpc) is 2.57. The molecule has 1 aliphatic heterocycles. The molecule has 0 spiro atoms. The van der Waals surface area contributed by atoms with Crippen LogP contribution in [0, 0.1) is 5.92 Å². The summed E-state index contributed by atoms with van der Waals surface area (Å²) in [6, 6.07) is 0. The van der Waals surface area contributed by atoms with Gasteiger partial charge in [0.1, 0.15) is 5.82 Å². The Morgan fingerprint density at radius 3 is 2.75 bits per heavy atom. The third-order valence-corrected chi connectivity index (χ3v) is 4.21. The van der Waals surface area contributed by atoms with Crippen LogP contribution in [0.15, 0.2) is 5.16 Å². The van der Waals surface area contributed by atoms with Crippen LogP contribution in [0.4, 0.5) is 13.2 Å². The third kappa shape index (κ3) is 3.44. The van der Waals surface area contributed by atoms with E-state index < -0.39 is 23.8 Å². The lowest BCUT2D eigenvalue weighted by molar-refractivity contribution is -0.188. The molecule has 5 nitrogen and oxygen atoms in total. The largest absolute Gasteiger partial charge is 0.481 e. The number of carboxylic acids is 1. The van der Waals surface area contributed by atoms with Crippen molar-refractivity contribution in [2.45, 2.75) is 43.6 Å². The third-order valence-electron chi connectivity index (χ3n) is 3.15. The molecule has 1 aromatic heterocycles. The second kappa shape index (κ2) is 6.02. The van der Waals surface area contributed by atoms with Gasteiger partial charge in [0.2, 0.25) is 0 Å². The number of nitrogens with zero attached hydrogens (tertiary/aromatic N) is 3. The van der Waals surface area contributed by atoms with Crippen molar-refractivity contribution in [1.82, 2.24) is 14.8 Å². The summed E-state index contributed by atoms with van der Waals surface area (Å²) in [5, 5.41) is 16.9. The van der Waals surface area contributed by atoms with E-state index in [0.29, 0.717) is 11.7 Å². The molecule has 1 N–H and O–H groups in total. The minimum absolute atomic E-state index is 0.373. The Labute approximate surface area is 117 Å². The second-order valence-electron chi connectivity index (χ2n) is 4.60. The van der Waals surface area contributed by atoms with Gasteiger partial charge in [-0.2, -0.15) is 13.2 Å². The standard InChI is InChI=1S/C11H14F3N3O2S/c12-11(13,14)7(9(18)19)6-20-10-16-15-8-4-2-1-3-5-17(8)10/h7H,1-6H2,(H,18,19). The highest BCUT2D eigenvalue weighted by Gasteiger charge is 2.45. The summed E-state index contributed by atoms with van der Waals surface area (Å²) in [4.78, 5) is 10.7. The van der Waals surface area contributed by atoms with Crippen molar-refractivity contribution < 1.29 is 23.1 Å². The van der Waals surface area contributed by atoms with Crippen molar-refractivity contribution in [3.8, 4) is 0 Å². The molecule has 0 radical (unpaired) electrons. The van der Waals surface area contributed by atoms with Gasteiger partial charge in [-0.15, -0.1) is 10.2 Å². The summed E-state index contributed by atoms with van der Waals surface area (Å²) in [6.07, 6.45) is -1.02. The van der Waals surface area contributed by atoms with Crippen molar-refractivity contribution in [2.24, 2.45) is 5.92 Å². The molecule has 112 valence electrons. The number of thioether (sulfide) groups is 1.